The van der Waals surface area contributed by atoms with E-state index in [-0.39, 0.29) is 11.9 Å². The van der Waals surface area contributed by atoms with Crippen molar-refractivity contribution in [1.82, 2.24) is 5.43 Å². The van der Waals surface area contributed by atoms with Crippen LogP contribution < -0.4 is 11.3 Å². The van der Waals surface area contributed by atoms with Crippen LogP contribution in [0.5, 0.6) is 0 Å². The summed E-state index contributed by atoms with van der Waals surface area (Å²) in [7, 11) is 0. The molecular weight excluding hydrogens is 319 g/mol. The van der Waals surface area contributed by atoms with Crippen LogP contribution in [0.1, 0.15) is 28.3 Å². The molecule has 0 aliphatic carbocycles. The van der Waals surface area contributed by atoms with Gasteiger partial charge in [0, 0.05) is 4.47 Å². The molecule has 3 N–H and O–H groups in total. The zero-order chi connectivity index (χ0) is 14.7. The van der Waals surface area contributed by atoms with Gasteiger partial charge >= 0.3 is 0 Å². The molecule has 0 aromatic heterocycles. The van der Waals surface area contributed by atoms with E-state index >= 15 is 0 Å². The van der Waals surface area contributed by atoms with Crippen molar-refractivity contribution < 1.29 is 4.39 Å². The first-order valence-corrected chi connectivity index (χ1v) is 7.27. The van der Waals surface area contributed by atoms with Gasteiger partial charge in [0.25, 0.3) is 0 Å². The van der Waals surface area contributed by atoms with Crippen molar-refractivity contribution >= 4 is 15.9 Å². The fourth-order valence-corrected chi connectivity index (χ4v) is 2.72. The highest BCUT2D eigenvalue weighted by molar-refractivity contribution is 9.10. The Morgan fingerprint density at radius 2 is 1.95 bits per heavy atom. The van der Waals surface area contributed by atoms with Crippen molar-refractivity contribution in [3.05, 3.63) is 68.9 Å². The van der Waals surface area contributed by atoms with Gasteiger partial charge in [0.2, 0.25) is 0 Å². The molecule has 0 radical (unpaired) electrons. The molecule has 0 amide bonds. The average Bonchev–Trinajstić information content (AvgIpc) is 2.39. The molecule has 1 unspecified atom stereocenters. The van der Waals surface area contributed by atoms with Gasteiger partial charge < -0.3 is 0 Å². The van der Waals surface area contributed by atoms with E-state index < -0.39 is 0 Å². The molecule has 0 heterocycles. The second-order valence-corrected chi connectivity index (χ2v) is 5.93. The number of nitrogens with one attached hydrogen (secondary N) is 1. The highest BCUT2D eigenvalue weighted by atomic mass is 79.9. The monoisotopic (exact) mass is 336 g/mol. The van der Waals surface area contributed by atoms with Crippen molar-refractivity contribution in [2.24, 2.45) is 5.84 Å². The minimum absolute atomic E-state index is 0.105. The Morgan fingerprint density at radius 1 is 1.20 bits per heavy atom. The maximum absolute atomic E-state index is 13.9. The van der Waals surface area contributed by atoms with E-state index in [9.17, 15) is 4.39 Å². The van der Waals surface area contributed by atoms with E-state index in [2.05, 4.69) is 34.3 Å². The van der Waals surface area contributed by atoms with Crippen LogP contribution in [0.15, 0.2) is 40.9 Å². The lowest BCUT2D eigenvalue weighted by Gasteiger charge is -2.19. The first-order chi connectivity index (χ1) is 9.51. The normalized spacial score (nSPS) is 12.4. The van der Waals surface area contributed by atoms with Gasteiger partial charge in [-0.3, -0.25) is 11.3 Å². The van der Waals surface area contributed by atoms with Crippen molar-refractivity contribution in [3.63, 3.8) is 0 Å². The number of aryl methyl sites for hydroxylation is 2. The standard InChI is InChI=1S/C16H18BrFN2/c1-10-3-6-14(11(2)7-10)16(20-19)8-12-4-5-13(17)9-15(12)18/h3-7,9,16,20H,8,19H2,1-2H3. The maximum atomic E-state index is 13.9. The molecule has 0 saturated carbocycles. The van der Waals surface area contributed by atoms with Crippen LogP contribution >= 0.6 is 15.9 Å². The molecule has 0 bridgehead atoms. The number of nitrogens with two attached hydrogens (primary N) is 1. The Labute approximate surface area is 127 Å². The number of hydrogen-bond acceptors (Lipinski definition) is 2. The highest BCUT2D eigenvalue weighted by Crippen LogP contribution is 2.24. The molecule has 106 valence electrons. The van der Waals surface area contributed by atoms with Gasteiger partial charge in [-0.2, -0.15) is 0 Å². The molecule has 0 aliphatic heterocycles. The number of hydrogen-bond donors (Lipinski definition) is 2. The predicted molar refractivity (Wildman–Crippen MR) is 83.8 cm³/mol. The Hall–Kier alpha value is -1.23. The van der Waals surface area contributed by atoms with Gasteiger partial charge in [-0.1, -0.05) is 45.8 Å². The third-order valence-corrected chi connectivity index (χ3v) is 3.93. The van der Waals surface area contributed by atoms with Gasteiger partial charge in [-0.05, 0) is 49.1 Å². The summed E-state index contributed by atoms with van der Waals surface area (Å²) in [6, 6.07) is 11.2. The summed E-state index contributed by atoms with van der Waals surface area (Å²) < 4.78 is 14.7. The molecule has 20 heavy (non-hydrogen) atoms. The molecular formula is C16H18BrFN2. The van der Waals surface area contributed by atoms with Crippen molar-refractivity contribution in [2.45, 2.75) is 26.3 Å². The minimum Gasteiger partial charge on any atom is -0.271 e. The fraction of sp³-hybridized carbons (Fsp3) is 0.250. The second-order valence-electron chi connectivity index (χ2n) is 5.02. The van der Waals surface area contributed by atoms with E-state index in [0.717, 1.165) is 15.6 Å². The zero-order valence-corrected chi connectivity index (χ0v) is 13.2. The lowest BCUT2D eigenvalue weighted by Crippen LogP contribution is -2.30. The molecule has 1 atom stereocenters. The summed E-state index contributed by atoms with van der Waals surface area (Å²) in [5.74, 6) is 5.44. The largest absolute Gasteiger partial charge is 0.271 e. The van der Waals surface area contributed by atoms with Crippen LogP contribution in [0.3, 0.4) is 0 Å². The topological polar surface area (TPSA) is 38.0 Å². The Kier molecular flexibility index (Phi) is 4.91. The molecule has 2 aromatic rings. The molecule has 0 aliphatic rings. The van der Waals surface area contributed by atoms with E-state index in [1.54, 1.807) is 6.07 Å². The van der Waals surface area contributed by atoms with Crippen molar-refractivity contribution in [2.75, 3.05) is 0 Å². The van der Waals surface area contributed by atoms with Crippen LogP contribution in [0.4, 0.5) is 4.39 Å². The highest BCUT2D eigenvalue weighted by Gasteiger charge is 2.15. The zero-order valence-electron chi connectivity index (χ0n) is 11.6. The lowest BCUT2D eigenvalue weighted by molar-refractivity contribution is 0.527. The van der Waals surface area contributed by atoms with Gasteiger partial charge in [0.05, 0.1) is 6.04 Å². The van der Waals surface area contributed by atoms with E-state index in [0.29, 0.717) is 12.0 Å². The smallest absolute Gasteiger partial charge is 0.127 e. The summed E-state index contributed by atoms with van der Waals surface area (Å²) in [6.45, 7) is 4.10. The third kappa shape index (κ3) is 3.45. The summed E-state index contributed by atoms with van der Waals surface area (Å²) >= 11 is 3.26. The summed E-state index contributed by atoms with van der Waals surface area (Å²) in [5.41, 5.74) is 6.90. The summed E-state index contributed by atoms with van der Waals surface area (Å²) in [5, 5.41) is 0. The number of hydrazine groups is 1. The van der Waals surface area contributed by atoms with Crippen LogP contribution in [-0.4, -0.2) is 0 Å². The molecule has 4 heteroatoms. The van der Waals surface area contributed by atoms with Crippen molar-refractivity contribution in [3.8, 4) is 0 Å². The fourth-order valence-electron chi connectivity index (χ4n) is 2.38. The first-order valence-electron chi connectivity index (χ1n) is 6.48. The minimum atomic E-state index is -0.218. The first kappa shape index (κ1) is 15.2. The van der Waals surface area contributed by atoms with Gasteiger partial charge in [-0.25, -0.2) is 4.39 Å². The van der Waals surface area contributed by atoms with E-state index in [4.69, 9.17) is 5.84 Å². The molecule has 0 saturated heterocycles. The van der Waals surface area contributed by atoms with E-state index in [1.165, 1.54) is 11.6 Å². The number of benzene rings is 2. The van der Waals surface area contributed by atoms with Gasteiger partial charge in [-0.15, -0.1) is 0 Å². The second kappa shape index (κ2) is 6.48. The molecule has 2 rings (SSSR count). The van der Waals surface area contributed by atoms with Gasteiger partial charge in [0.15, 0.2) is 0 Å². The van der Waals surface area contributed by atoms with Crippen LogP contribution in [0, 0.1) is 19.7 Å². The predicted octanol–water partition coefficient (Wildman–Crippen LogP) is 3.95. The van der Waals surface area contributed by atoms with Crippen LogP contribution in [-0.2, 0) is 6.42 Å². The Balaban J connectivity index is 2.28. The van der Waals surface area contributed by atoms with Crippen molar-refractivity contribution in [1.29, 1.82) is 0 Å². The van der Waals surface area contributed by atoms with Crippen LogP contribution in [0.2, 0.25) is 0 Å². The Morgan fingerprint density at radius 3 is 2.55 bits per heavy atom. The third-order valence-electron chi connectivity index (χ3n) is 3.44. The molecule has 0 spiro atoms. The Bertz CT molecular complexity index is 613. The van der Waals surface area contributed by atoms with Crippen LogP contribution in [0.25, 0.3) is 0 Å². The summed E-state index contributed by atoms with van der Waals surface area (Å²) in [6.07, 6.45) is 0.513. The average molecular weight is 337 g/mol. The molecule has 2 aromatic carbocycles. The quantitative estimate of drug-likeness (QED) is 0.655. The number of rotatable bonds is 4. The SMILES string of the molecule is Cc1ccc(C(Cc2ccc(Br)cc2F)NN)c(C)c1. The maximum Gasteiger partial charge on any atom is 0.127 e. The molecule has 0 fully saturated rings. The lowest BCUT2D eigenvalue weighted by atomic mass is 9.94. The number of halogens is 2. The molecule has 2 nitrogen and oxygen atoms in total. The van der Waals surface area contributed by atoms with E-state index in [1.807, 2.05) is 25.1 Å². The van der Waals surface area contributed by atoms with Gasteiger partial charge in [0.1, 0.15) is 5.82 Å². The summed E-state index contributed by atoms with van der Waals surface area (Å²) in [4.78, 5) is 0.